The van der Waals surface area contributed by atoms with Gasteiger partial charge in [0.25, 0.3) is 0 Å². The molecule has 4 rings (SSSR count). The van der Waals surface area contributed by atoms with Crippen molar-refractivity contribution in [3.63, 3.8) is 0 Å². The highest BCUT2D eigenvalue weighted by Gasteiger charge is 2.25. The number of benzene rings is 1. The van der Waals surface area contributed by atoms with Gasteiger partial charge in [0.2, 0.25) is 0 Å². The van der Waals surface area contributed by atoms with E-state index in [9.17, 15) is 18.3 Å². The van der Waals surface area contributed by atoms with E-state index in [1.165, 1.54) is 0 Å². The Balaban J connectivity index is 1.81. The summed E-state index contributed by atoms with van der Waals surface area (Å²) in [7, 11) is 0. The van der Waals surface area contributed by atoms with Gasteiger partial charge in [-0.3, -0.25) is 4.68 Å². The maximum atomic E-state index is 14.3. The van der Waals surface area contributed by atoms with Gasteiger partial charge in [0.15, 0.2) is 0 Å². The van der Waals surface area contributed by atoms with Crippen LogP contribution < -0.4 is 4.74 Å². The summed E-state index contributed by atoms with van der Waals surface area (Å²) in [5.74, 6) is -1.49. The lowest BCUT2D eigenvalue weighted by atomic mass is 9.91. The number of rotatable bonds is 8. The van der Waals surface area contributed by atoms with E-state index in [0.29, 0.717) is 24.2 Å². The maximum Gasteiger partial charge on any atom is 0.387 e. The van der Waals surface area contributed by atoms with Crippen molar-refractivity contribution in [1.29, 1.82) is 0 Å². The summed E-state index contributed by atoms with van der Waals surface area (Å²) in [6.07, 6.45) is 5.85. The highest BCUT2D eigenvalue weighted by molar-refractivity contribution is 6.31. The van der Waals surface area contributed by atoms with E-state index in [4.69, 9.17) is 11.6 Å². The number of pyridine rings is 1. The average molecular weight is 507 g/mol. The topological polar surface area (TPSA) is 76.0 Å². The van der Waals surface area contributed by atoms with Gasteiger partial charge < -0.3 is 14.8 Å². The molecule has 1 aromatic carbocycles. The van der Waals surface area contributed by atoms with E-state index in [1.807, 2.05) is 13.0 Å². The normalized spacial score (nSPS) is 13.1. The average Bonchev–Trinajstić information content (AvgIpc) is 3.37. The number of aliphatic hydroxyl groups is 1. The van der Waals surface area contributed by atoms with E-state index in [1.54, 1.807) is 44.0 Å². The molecule has 186 valence electrons. The van der Waals surface area contributed by atoms with Crippen LogP contribution in [0.15, 0.2) is 36.8 Å². The molecule has 0 amide bonds. The van der Waals surface area contributed by atoms with Gasteiger partial charge in [-0.2, -0.15) is 13.9 Å². The lowest BCUT2D eigenvalue weighted by Gasteiger charge is -2.19. The number of aromatic nitrogens is 4. The zero-order valence-electron chi connectivity index (χ0n) is 19.7. The third-order valence-corrected chi connectivity index (χ3v) is 6.29. The van der Waals surface area contributed by atoms with E-state index >= 15 is 0 Å². The predicted molar refractivity (Wildman–Crippen MR) is 129 cm³/mol. The van der Waals surface area contributed by atoms with Crippen molar-refractivity contribution in [1.82, 2.24) is 19.7 Å². The molecule has 0 saturated heterocycles. The molecule has 0 radical (unpaired) electrons. The first-order valence-corrected chi connectivity index (χ1v) is 11.5. The Morgan fingerprint density at radius 2 is 2.00 bits per heavy atom. The van der Waals surface area contributed by atoms with Crippen molar-refractivity contribution in [3.8, 4) is 16.9 Å². The van der Waals surface area contributed by atoms with E-state index in [-0.39, 0.29) is 16.3 Å². The standard InChI is InChI=1S/C25H26ClF3N4O2/c1-5-19-17(11-32-33(19)12-25(3,4)34)14-8-15-16(10-31-23(15)30-9-14)13(2)21-20(35-24(28)29)7-6-18(27)22(21)26/h6-11,13,24,34H,5,12H2,1-4H3,(H,30,31). The fourth-order valence-electron chi connectivity index (χ4n) is 4.36. The lowest BCUT2D eigenvalue weighted by Crippen LogP contribution is -2.27. The first-order chi connectivity index (χ1) is 16.5. The molecular formula is C25H26ClF3N4O2. The van der Waals surface area contributed by atoms with Crippen LogP contribution in [0.3, 0.4) is 0 Å². The van der Waals surface area contributed by atoms with E-state index < -0.39 is 23.9 Å². The fourth-order valence-corrected chi connectivity index (χ4v) is 4.68. The van der Waals surface area contributed by atoms with Crippen molar-refractivity contribution in [3.05, 3.63) is 64.5 Å². The minimum Gasteiger partial charge on any atom is -0.434 e. The Morgan fingerprint density at radius 3 is 2.66 bits per heavy atom. The summed E-state index contributed by atoms with van der Waals surface area (Å²) in [6, 6.07) is 4.08. The van der Waals surface area contributed by atoms with Gasteiger partial charge in [-0.15, -0.1) is 0 Å². The van der Waals surface area contributed by atoms with Crippen molar-refractivity contribution < 1.29 is 23.0 Å². The molecule has 6 nitrogen and oxygen atoms in total. The van der Waals surface area contributed by atoms with E-state index in [0.717, 1.165) is 34.3 Å². The third kappa shape index (κ3) is 5.01. The van der Waals surface area contributed by atoms with Gasteiger partial charge in [-0.25, -0.2) is 9.37 Å². The van der Waals surface area contributed by atoms with Gasteiger partial charge >= 0.3 is 6.61 Å². The smallest absolute Gasteiger partial charge is 0.387 e. The monoisotopic (exact) mass is 506 g/mol. The van der Waals surface area contributed by atoms with Crippen LogP contribution in [-0.2, 0) is 13.0 Å². The number of hydrogen-bond donors (Lipinski definition) is 2. The number of halogens is 4. The van der Waals surface area contributed by atoms with Crippen LogP contribution in [0.1, 0.15) is 50.4 Å². The second kappa shape index (κ2) is 9.54. The van der Waals surface area contributed by atoms with Gasteiger partial charge in [0.05, 0.1) is 23.4 Å². The lowest BCUT2D eigenvalue weighted by molar-refractivity contribution is -0.0505. The molecule has 0 fully saturated rings. The van der Waals surface area contributed by atoms with Crippen molar-refractivity contribution in [2.75, 3.05) is 0 Å². The summed E-state index contributed by atoms with van der Waals surface area (Å²) in [6.45, 7) is 4.45. The number of aromatic amines is 1. The van der Waals surface area contributed by atoms with Crippen molar-refractivity contribution >= 4 is 22.6 Å². The second-order valence-electron chi connectivity index (χ2n) is 9.07. The zero-order chi connectivity index (χ0) is 25.5. The van der Waals surface area contributed by atoms with Gasteiger partial charge in [-0.05, 0) is 44.0 Å². The molecule has 0 spiro atoms. The summed E-state index contributed by atoms with van der Waals surface area (Å²) in [5.41, 5.74) is 3.10. The van der Waals surface area contributed by atoms with Crippen LogP contribution in [0.5, 0.6) is 5.75 Å². The summed E-state index contributed by atoms with van der Waals surface area (Å²) in [4.78, 5) is 7.61. The summed E-state index contributed by atoms with van der Waals surface area (Å²) in [5, 5.41) is 15.2. The molecule has 0 aliphatic heterocycles. The number of nitrogens with one attached hydrogen (secondary N) is 1. The molecule has 0 aliphatic rings. The molecule has 0 aliphatic carbocycles. The van der Waals surface area contributed by atoms with Crippen LogP contribution in [0, 0.1) is 5.82 Å². The van der Waals surface area contributed by atoms with Crippen molar-refractivity contribution in [2.45, 2.75) is 58.8 Å². The predicted octanol–water partition coefficient (Wildman–Crippen LogP) is 6.31. The van der Waals surface area contributed by atoms with Crippen LogP contribution in [0.25, 0.3) is 22.2 Å². The Bertz CT molecular complexity index is 1360. The molecule has 0 saturated carbocycles. The number of ether oxygens (including phenoxy) is 1. The maximum absolute atomic E-state index is 14.3. The Kier molecular flexibility index (Phi) is 6.83. The number of alkyl halides is 2. The largest absolute Gasteiger partial charge is 0.434 e. The number of H-pyrrole nitrogens is 1. The molecule has 0 bridgehead atoms. The third-order valence-electron chi connectivity index (χ3n) is 5.90. The highest BCUT2D eigenvalue weighted by atomic mass is 35.5. The Labute approximate surface area is 205 Å². The van der Waals surface area contributed by atoms with Crippen LogP contribution in [0.4, 0.5) is 13.2 Å². The minimum absolute atomic E-state index is 0.130. The van der Waals surface area contributed by atoms with Crippen LogP contribution in [-0.4, -0.2) is 37.1 Å². The van der Waals surface area contributed by atoms with Gasteiger partial charge in [0, 0.05) is 46.1 Å². The molecular weight excluding hydrogens is 481 g/mol. The molecule has 2 N–H and O–H groups in total. The molecule has 1 unspecified atom stereocenters. The Morgan fingerprint density at radius 1 is 1.26 bits per heavy atom. The summed E-state index contributed by atoms with van der Waals surface area (Å²) >= 11 is 6.21. The van der Waals surface area contributed by atoms with Gasteiger partial charge in [0.1, 0.15) is 17.2 Å². The SMILES string of the molecule is CCc1c(-c2cnc3[nH]cc(C(C)c4c(OC(F)F)ccc(F)c4Cl)c3c2)cnn1CC(C)(C)O. The molecule has 1 atom stereocenters. The quantitative estimate of drug-likeness (QED) is 0.294. The number of fused-ring (bicyclic) bond motifs is 1. The second-order valence-corrected chi connectivity index (χ2v) is 9.44. The highest BCUT2D eigenvalue weighted by Crippen LogP contribution is 2.41. The van der Waals surface area contributed by atoms with Crippen molar-refractivity contribution in [2.24, 2.45) is 0 Å². The number of hydrogen-bond acceptors (Lipinski definition) is 4. The molecule has 10 heteroatoms. The first kappa shape index (κ1) is 25.1. The molecule has 35 heavy (non-hydrogen) atoms. The van der Waals surface area contributed by atoms with Crippen LogP contribution in [0.2, 0.25) is 5.02 Å². The van der Waals surface area contributed by atoms with Gasteiger partial charge in [-0.1, -0.05) is 25.4 Å². The minimum atomic E-state index is -3.08. The number of nitrogens with zero attached hydrogens (tertiary/aromatic N) is 3. The Hall–Kier alpha value is -3.04. The molecule has 3 aromatic heterocycles. The summed E-state index contributed by atoms with van der Waals surface area (Å²) < 4.78 is 46.7. The fraction of sp³-hybridized carbons (Fsp3) is 0.360. The molecule has 4 aromatic rings. The van der Waals surface area contributed by atoms with Crippen LogP contribution >= 0.6 is 11.6 Å². The molecule has 3 heterocycles. The first-order valence-electron chi connectivity index (χ1n) is 11.2. The zero-order valence-corrected chi connectivity index (χ0v) is 20.5. The van der Waals surface area contributed by atoms with E-state index in [2.05, 4.69) is 19.8 Å².